The summed E-state index contributed by atoms with van der Waals surface area (Å²) in [6.07, 6.45) is 2.04. The number of hydrogen-bond acceptors (Lipinski definition) is 2. The normalized spacial score (nSPS) is 12.9. The number of halogens is 1. The van der Waals surface area contributed by atoms with Crippen LogP contribution >= 0.6 is 23.4 Å². The van der Waals surface area contributed by atoms with Crippen molar-refractivity contribution in [3.05, 3.63) is 34.9 Å². The summed E-state index contributed by atoms with van der Waals surface area (Å²) in [4.78, 5) is 0. The Labute approximate surface area is 82.3 Å². The largest absolute Gasteiger partial charge is 0.323 e. The van der Waals surface area contributed by atoms with Gasteiger partial charge >= 0.3 is 0 Å². The van der Waals surface area contributed by atoms with E-state index in [1.165, 1.54) is 0 Å². The van der Waals surface area contributed by atoms with Crippen LogP contribution in [0, 0.1) is 0 Å². The Kier molecular flexibility index (Phi) is 3.92. The predicted octanol–water partition coefficient (Wildman–Crippen LogP) is 2.70. The van der Waals surface area contributed by atoms with Gasteiger partial charge in [-0.05, 0) is 17.9 Å². The van der Waals surface area contributed by atoms with Crippen molar-refractivity contribution in [3.63, 3.8) is 0 Å². The van der Waals surface area contributed by atoms with Crippen LogP contribution in [0.5, 0.6) is 0 Å². The molecule has 66 valence electrons. The average molecular weight is 202 g/mol. The molecule has 0 fully saturated rings. The van der Waals surface area contributed by atoms with E-state index in [2.05, 4.69) is 0 Å². The fraction of sp³-hybridized carbons (Fsp3) is 0.333. The van der Waals surface area contributed by atoms with Crippen LogP contribution in [0.25, 0.3) is 0 Å². The Morgan fingerprint density at radius 3 is 2.75 bits per heavy atom. The Morgan fingerprint density at radius 1 is 1.50 bits per heavy atom. The summed E-state index contributed by atoms with van der Waals surface area (Å²) < 4.78 is 0. The Morgan fingerprint density at radius 2 is 2.17 bits per heavy atom. The van der Waals surface area contributed by atoms with Gasteiger partial charge in [0.15, 0.2) is 0 Å². The van der Waals surface area contributed by atoms with E-state index < -0.39 is 0 Å². The fourth-order valence-electron chi connectivity index (χ4n) is 1.05. The summed E-state index contributed by atoms with van der Waals surface area (Å²) >= 11 is 7.70. The van der Waals surface area contributed by atoms with Gasteiger partial charge in [0.1, 0.15) is 0 Å². The van der Waals surface area contributed by atoms with Crippen LogP contribution in [0.4, 0.5) is 0 Å². The first-order chi connectivity index (χ1) is 5.75. The third-order valence-corrected chi connectivity index (χ3v) is 2.69. The number of hydrogen-bond donors (Lipinski definition) is 1. The highest BCUT2D eigenvalue weighted by atomic mass is 35.5. The van der Waals surface area contributed by atoms with Crippen LogP contribution in [0.1, 0.15) is 11.6 Å². The Bertz CT molecular complexity index is 252. The van der Waals surface area contributed by atoms with Crippen LogP contribution in [-0.2, 0) is 0 Å². The Balaban J connectivity index is 2.79. The molecule has 0 saturated carbocycles. The van der Waals surface area contributed by atoms with E-state index in [1.807, 2.05) is 30.5 Å². The topological polar surface area (TPSA) is 26.0 Å². The van der Waals surface area contributed by atoms with Crippen LogP contribution in [0.15, 0.2) is 24.3 Å². The molecular formula is C9H12ClNS. The molecule has 0 saturated heterocycles. The van der Waals surface area contributed by atoms with Gasteiger partial charge in [-0.3, -0.25) is 0 Å². The first-order valence-corrected chi connectivity index (χ1v) is 5.52. The molecule has 0 heterocycles. The van der Waals surface area contributed by atoms with E-state index in [9.17, 15) is 0 Å². The van der Waals surface area contributed by atoms with Crippen molar-refractivity contribution < 1.29 is 0 Å². The highest BCUT2D eigenvalue weighted by Gasteiger charge is 2.07. The molecule has 0 amide bonds. The number of thioether (sulfide) groups is 1. The van der Waals surface area contributed by atoms with Gasteiger partial charge in [0.25, 0.3) is 0 Å². The molecular weight excluding hydrogens is 190 g/mol. The lowest BCUT2D eigenvalue weighted by atomic mass is 10.1. The molecule has 0 aliphatic carbocycles. The molecule has 0 spiro atoms. The van der Waals surface area contributed by atoms with Crippen molar-refractivity contribution in [2.45, 2.75) is 6.04 Å². The lowest BCUT2D eigenvalue weighted by Crippen LogP contribution is -2.13. The second-order valence-corrected chi connectivity index (χ2v) is 3.90. The zero-order valence-corrected chi connectivity index (χ0v) is 8.53. The monoisotopic (exact) mass is 201 g/mol. The first-order valence-electron chi connectivity index (χ1n) is 3.74. The highest BCUT2D eigenvalue weighted by molar-refractivity contribution is 7.98. The SMILES string of the molecule is CSCC(N)c1ccccc1Cl. The second kappa shape index (κ2) is 4.75. The van der Waals surface area contributed by atoms with Crippen molar-refractivity contribution in [2.75, 3.05) is 12.0 Å². The van der Waals surface area contributed by atoms with Gasteiger partial charge in [-0.2, -0.15) is 11.8 Å². The van der Waals surface area contributed by atoms with Gasteiger partial charge in [-0.1, -0.05) is 29.8 Å². The summed E-state index contributed by atoms with van der Waals surface area (Å²) in [6, 6.07) is 7.77. The van der Waals surface area contributed by atoms with Crippen LogP contribution in [-0.4, -0.2) is 12.0 Å². The van der Waals surface area contributed by atoms with E-state index in [1.54, 1.807) is 11.8 Å². The summed E-state index contributed by atoms with van der Waals surface area (Å²) in [5.41, 5.74) is 6.94. The molecule has 1 aromatic rings. The second-order valence-electron chi connectivity index (χ2n) is 2.58. The average Bonchev–Trinajstić information content (AvgIpc) is 2.05. The van der Waals surface area contributed by atoms with E-state index in [4.69, 9.17) is 17.3 Å². The zero-order chi connectivity index (χ0) is 8.97. The maximum Gasteiger partial charge on any atom is 0.0454 e. The molecule has 0 aromatic heterocycles. The van der Waals surface area contributed by atoms with E-state index >= 15 is 0 Å². The molecule has 1 aromatic carbocycles. The van der Waals surface area contributed by atoms with E-state index in [0.29, 0.717) is 0 Å². The van der Waals surface area contributed by atoms with Gasteiger partial charge in [0.2, 0.25) is 0 Å². The first kappa shape index (κ1) is 9.90. The molecule has 3 heteroatoms. The highest BCUT2D eigenvalue weighted by Crippen LogP contribution is 2.22. The van der Waals surface area contributed by atoms with Crippen molar-refractivity contribution in [2.24, 2.45) is 5.73 Å². The standard InChI is InChI=1S/C9H12ClNS/c1-12-6-9(11)7-4-2-3-5-8(7)10/h2-5,9H,6,11H2,1H3. The molecule has 0 aliphatic rings. The van der Waals surface area contributed by atoms with Crippen LogP contribution in [0.3, 0.4) is 0 Å². The lowest BCUT2D eigenvalue weighted by molar-refractivity contribution is 0.833. The van der Waals surface area contributed by atoms with Gasteiger partial charge in [0, 0.05) is 16.8 Å². The van der Waals surface area contributed by atoms with Crippen molar-refractivity contribution >= 4 is 23.4 Å². The lowest BCUT2D eigenvalue weighted by Gasteiger charge is -2.11. The summed E-state index contributed by atoms with van der Waals surface area (Å²) in [6.45, 7) is 0. The minimum Gasteiger partial charge on any atom is -0.323 e. The predicted molar refractivity (Wildman–Crippen MR) is 56.8 cm³/mol. The molecule has 1 rings (SSSR count). The number of rotatable bonds is 3. The van der Waals surface area contributed by atoms with Gasteiger partial charge in [0.05, 0.1) is 0 Å². The minimum atomic E-state index is 0.0497. The Hall–Kier alpha value is -0.180. The van der Waals surface area contributed by atoms with Gasteiger partial charge < -0.3 is 5.73 Å². The number of benzene rings is 1. The smallest absolute Gasteiger partial charge is 0.0454 e. The summed E-state index contributed by atoms with van der Waals surface area (Å²) in [5.74, 6) is 0.906. The molecule has 0 aliphatic heterocycles. The molecule has 1 nitrogen and oxygen atoms in total. The minimum absolute atomic E-state index is 0.0497. The molecule has 12 heavy (non-hydrogen) atoms. The fourth-order valence-corrected chi connectivity index (χ4v) is 1.86. The van der Waals surface area contributed by atoms with Gasteiger partial charge in [-0.15, -0.1) is 0 Å². The van der Waals surface area contributed by atoms with Crippen molar-refractivity contribution in [1.29, 1.82) is 0 Å². The molecule has 0 bridgehead atoms. The van der Waals surface area contributed by atoms with E-state index in [-0.39, 0.29) is 6.04 Å². The van der Waals surface area contributed by atoms with Gasteiger partial charge in [-0.25, -0.2) is 0 Å². The molecule has 2 N–H and O–H groups in total. The molecule has 0 radical (unpaired) electrons. The molecule has 1 unspecified atom stereocenters. The quantitative estimate of drug-likeness (QED) is 0.814. The molecule has 1 atom stereocenters. The van der Waals surface area contributed by atoms with Crippen molar-refractivity contribution in [3.8, 4) is 0 Å². The maximum atomic E-state index is 5.97. The summed E-state index contributed by atoms with van der Waals surface area (Å²) in [5, 5.41) is 0.763. The van der Waals surface area contributed by atoms with Crippen LogP contribution < -0.4 is 5.73 Å². The van der Waals surface area contributed by atoms with Crippen molar-refractivity contribution in [1.82, 2.24) is 0 Å². The van der Waals surface area contributed by atoms with Crippen LogP contribution in [0.2, 0.25) is 5.02 Å². The third kappa shape index (κ3) is 2.41. The maximum absolute atomic E-state index is 5.97. The third-order valence-electron chi connectivity index (χ3n) is 1.65. The zero-order valence-electron chi connectivity index (χ0n) is 6.96. The summed E-state index contributed by atoms with van der Waals surface area (Å²) in [7, 11) is 0. The number of nitrogens with two attached hydrogens (primary N) is 1. The van der Waals surface area contributed by atoms with E-state index in [0.717, 1.165) is 16.3 Å².